The summed E-state index contributed by atoms with van der Waals surface area (Å²) < 4.78 is 0. The molecule has 0 saturated carbocycles. The zero-order valence-corrected chi connectivity index (χ0v) is 10.5. The van der Waals surface area contributed by atoms with E-state index in [9.17, 15) is 0 Å². The molecule has 0 bridgehead atoms. The van der Waals surface area contributed by atoms with Gasteiger partial charge in [0.1, 0.15) is 0 Å². The molecule has 0 aromatic heterocycles. The summed E-state index contributed by atoms with van der Waals surface area (Å²) in [6.07, 6.45) is 0. The van der Waals surface area contributed by atoms with Gasteiger partial charge in [0.25, 0.3) is 0 Å². The van der Waals surface area contributed by atoms with E-state index in [1.165, 1.54) is 11.1 Å². The second-order valence-corrected chi connectivity index (χ2v) is 2.92. The van der Waals surface area contributed by atoms with Crippen LogP contribution in [-0.2, 0) is 19.8 Å². The molecule has 0 spiro atoms. The van der Waals surface area contributed by atoms with Crippen molar-refractivity contribution in [3.8, 4) is 0 Å². The maximum absolute atomic E-state index is 2.08. The van der Waals surface area contributed by atoms with Gasteiger partial charge in [0.05, 0.1) is 0 Å². The van der Waals surface area contributed by atoms with Crippen LogP contribution in [0, 0.1) is 13.8 Å². The number of rotatable bonds is 0. The fraction of sp³-hybridized carbons (Fsp3) is 0.167. The quantitative estimate of drug-likeness (QED) is 0.640. The second-order valence-electron chi connectivity index (χ2n) is 2.92. The van der Waals surface area contributed by atoms with Gasteiger partial charge in [0.2, 0.25) is 0 Å². The van der Waals surface area contributed by atoms with Gasteiger partial charge in [-0.3, -0.25) is 0 Å². The van der Waals surface area contributed by atoms with Crippen molar-refractivity contribution in [3.05, 3.63) is 59.7 Å². The van der Waals surface area contributed by atoms with Crippen LogP contribution in [0.5, 0.6) is 0 Å². The molecule has 1 heteroatoms. The monoisotopic (exact) mass is 350 g/mol. The second kappa shape index (κ2) is 6.81. The third-order valence-corrected chi connectivity index (χ3v) is 1.66. The van der Waals surface area contributed by atoms with Gasteiger partial charge < -0.3 is 0 Å². The molecule has 0 saturated heterocycles. The summed E-state index contributed by atoms with van der Waals surface area (Å²) in [5, 5.41) is 0. The molecule has 0 fully saturated rings. The number of hydrogen-bond donors (Lipinski definition) is 0. The molecule has 13 heavy (non-hydrogen) atoms. The molecular weight excluding hydrogens is 334 g/mol. The summed E-state index contributed by atoms with van der Waals surface area (Å²) in [6, 6.07) is 16.5. The average Bonchev–Trinajstić information content (AvgIpc) is 2.63. The van der Waals surface area contributed by atoms with Crippen molar-refractivity contribution >= 4 is 0 Å². The molecule has 2 aromatic carbocycles. The van der Waals surface area contributed by atoms with Gasteiger partial charge >= 0.3 is 19.8 Å². The van der Waals surface area contributed by atoms with Crippen LogP contribution in [-0.4, -0.2) is 0 Å². The van der Waals surface area contributed by atoms with Crippen LogP contribution in [0.15, 0.2) is 48.5 Å². The Bertz CT molecular complexity index is 245. The van der Waals surface area contributed by atoms with Gasteiger partial charge in [0, 0.05) is 0 Å². The minimum atomic E-state index is 0. The van der Waals surface area contributed by atoms with Gasteiger partial charge in [-0.1, -0.05) is 13.8 Å². The Morgan fingerprint density at radius 3 is 1.31 bits per heavy atom. The molecule has 0 unspecified atom stereocenters. The Hall–Kier alpha value is -0.664. The van der Waals surface area contributed by atoms with Crippen molar-refractivity contribution in [1.29, 1.82) is 0 Å². The first-order valence-corrected chi connectivity index (χ1v) is 4.15. The average molecular weight is 348 g/mol. The SMILES string of the molecule is Cc1ccc[cH-]1.Cc1ccc[cH-]1.[Os+2]. The molecule has 0 aliphatic rings. The van der Waals surface area contributed by atoms with Gasteiger partial charge in [-0.05, 0) is 0 Å². The molecule has 0 atom stereocenters. The van der Waals surface area contributed by atoms with Crippen molar-refractivity contribution in [2.45, 2.75) is 13.8 Å². The Balaban J connectivity index is 0.000000206. The van der Waals surface area contributed by atoms with Crippen molar-refractivity contribution in [2.24, 2.45) is 0 Å². The van der Waals surface area contributed by atoms with Gasteiger partial charge in [-0.25, -0.2) is 24.3 Å². The van der Waals surface area contributed by atoms with Crippen molar-refractivity contribution in [3.63, 3.8) is 0 Å². The molecule has 0 nitrogen and oxygen atoms in total. The van der Waals surface area contributed by atoms with E-state index in [1.807, 2.05) is 24.3 Å². The van der Waals surface area contributed by atoms with Crippen LogP contribution >= 0.6 is 0 Å². The van der Waals surface area contributed by atoms with Gasteiger partial charge in [0.15, 0.2) is 0 Å². The summed E-state index contributed by atoms with van der Waals surface area (Å²) in [7, 11) is 0. The Morgan fingerprint density at radius 2 is 1.23 bits per heavy atom. The largest absolute Gasteiger partial charge is 2.00 e. The van der Waals surface area contributed by atoms with Crippen LogP contribution in [0.4, 0.5) is 0 Å². The van der Waals surface area contributed by atoms with Gasteiger partial charge in [-0.2, -0.15) is 35.4 Å². The smallest absolute Gasteiger partial charge is 0.213 e. The van der Waals surface area contributed by atoms with E-state index in [0.717, 1.165) is 0 Å². The number of hydrogen-bond acceptors (Lipinski definition) is 0. The maximum atomic E-state index is 2.08. The van der Waals surface area contributed by atoms with Gasteiger partial charge in [-0.15, -0.1) is 0 Å². The van der Waals surface area contributed by atoms with E-state index in [1.54, 1.807) is 0 Å². The summed E-state index contributed by atoms with van der Waals surface area (Å²) in [6.45, 7) is 4.17. The fourth-order valence-electron chi connectivity index (χ4n) is 0.940. The van der Waals surface area contributed by atoms with Crippen LogP contribution < -0.4 is 0 Å². The van der Waals surface area contributed by atoms with Crippen LogP contribution in [0.3, 0.4) is 0 Å². The first-order chi connectivity index (χ1) is 5.79. The molecule has 0 amide bonds. The van der Waals surface area contributed by atoms with Crippen molar-refractivity contribution in [2.75, 3.05) is 0 Å². The molecule has 0 N–H and O–H groups in total. The number of aryl methyl sites for hydroxylation is 2. The fourth-order valence-corrected chi connectivity index (χ4v) is 0.940. The topological polar surface area (TPSA) is 0 Å². The molecule has 0 aliphatic carbocycles. The van der Waals surface area contributed by atoms with E-state index < -0.39 is 0 Å². The molecule has 0 heterocycles. The van der Waals surface area contributed by atoms with E-state index >= 15 is 0 Å². The van der Waals surface area contributed by atoms with E-state index in [-0.39, 0.29) is 19.8 Å². The minimum Gasteiger partial charge on any atom is -0.213 e. The standard InChI is InChI=1S/2C6H7.Os/c2*1-6-4-2-3-5-6;/h2*2-5H,1H3;/q2*-1;+2. The van der Waals surface area contributed by atoms with Crippen LogP contribution in [0.25, 0.3) is 0 Å². The third-order valence-electron chi connectivity index (χ3n) is 1.66. The molecule has 0 radical (unpaired) electrons. The Kier molecular flexibility index (Phi) is 6.46. The third kappa shape index (κ3) is 5.56. The van der Waals surface area contributed by atoms with Crippen molar-refractivity contribution in [1.82, 2.24) is 0 Å². The summed E-state index contributed by atoms with van der Waals surface area (Å²) in [5.74, 6) is 0. The zero-order chi connectivity index (χ0) is 8.81. The molecule has 70 valence electrons. The Morgan fingerprint density at radius 1 is 0.846 bits per heavy atom. The maximum Gasteiger partial charge on any atom is 2.00 e. The molecule has 2 aromatic rings. The van der Waals surface area contributed by atoms with Crippen LogP contribution in [0.2, 0.25) is 0 Å². The minimum absolute atomic E-state index is 0. The van der Waals surface area contributed by atoms with E-state index in [2.05, 4.69) is 38.1 Å². The molecule has 2 rings (SSSR count). The van der Waals surface area contributed by atoms with Crippen molar-refractivity contribution < 1.29 is 19.8 Å². The summed E-state index contributed by atoms with van der Waals surface area (Å²) >= 11 is 0. The van der Waals surface area contributed by atoms with E-state index in [4.69, 9.17) is 0 Å². The summed E-state index contributed by atoms with van der Waals surface area (Å²) in [4.78, 5) is 0. The summed E-state index contributed by atoms with van der Waals surface area (Å²) in [5.41, 5.74) is 2.69. The van der Waals surface area contributed by atoms with E-state index in [0.29, 0.717) is 0 Å². The first kappa shape index (κ1) is 12.3. The predicted molar refractivity (Wildman–Crippen MR) is 53.5 cm³/mol. The first-order valence-electron chi connectivity index (χ1n) is 4.15. The predicted octanol–water partition coefficient (Wildman–Crippen LogP) is 3.43. The van der Waals surface area contributed by atoms with Crippen LogP contribution in [0.1, 0.15) is 11.1 Å². The molecular formula is C12H14Os. The molecule has 0 aliphatic heterocycles. The Labute approximate surface area is 93.4 Å². The normalized spacial score (nSPS) is 8.15. The zero-order valence-electron chi connectivity index (χ0n) is 7.97.